The van der Waals surface area contributed by atoms with E-state index in [-0.39, 0.29) is 0 Å². The highest BCUT2D eigenvalue weighted by molar-refractivity contribution is 5.75. The van der Waals surface area contributed by atoms with E-state index in [2.05, 4.69) is 4.74 Å². The van der Waals surface area contributed by atoms with Crippen LogP contribution in [0.1, 0.15) is 18.1 Å². The molecule has 0 saturated carbocycles. The fraction of sp³-hybridized carbons (Fsp3) is 0.316. The van der Waals surface area contributed by atoms with Gasteiger partial charge in [-0.1, -0.05) is 60.7 Å². The zero-order valence-corrected chi connectivity index (χ0v) is 13.5. The number of carbonyl (C=O) groups is 1. The predicted molar refractivity (Wildman–Crippen MR) is 88.5 cm³/mol. The maximum absolute atomic E-state index is 14.3. The lowest BCUT2D eigenvalue weighted by atomic mass is 10.1. The Bertz CT molecular complexity index is 562. The van der Waals surface area contributed by atoms with Crippen molar-refractivity contribution in [2.24, 2.45) is 0 Å². The Morgan fingerprint density at radius 1 is 1.00 bits per heavy atom. The van der Waals surface area contributed by atoms with Gasteiger partial charge < -0.3 is 4.74 Å². The topological polar surface area (TPSA) is 29.5 Å². The molecule has 0 aliphatic carbocycles. The first kappa shape index (κ1) is 17.2. The normalized spacial score (nSPS) is 13.6. The molecule has 0 aromatic heterocycles. The third-order valence-corrected chi connectivity index (χ3v) is 3.88. The maximum atomic E-state index is 14.3. The average molecular weight is 315 g/mol. The van der Waals surface area contributed by atoms with Crippen LogP contribution in [0.15, 0.2) is 60.7 Å². The molecule has 2 aromatic carbocycles. The number of rotatable bonds is 7. The second-order valence-electron chi connectivity index (χ2n) is 5.54. The molecule has 2 rings (SSSR count). The minimum Gasteiger partial charge on any atom is -0.467 e. The van der Waals surface area contributed by atoms with E-state index in [1.165, 1.54) is 7.11 Å². The van der Waals surface area contributed by atoms with E-state index < -0.39 is 18.2 Å². The third kappa shape index (κ3) is 4.89. The molecular weight excluding hydrogens is 293 g/mol. The van der Waals surface area contributed by atoms with Gasteiger partial charge in [0.05, 0.1) is 7.11 Å². The molecule has 0 spiro atoms. The zero-order chi connectivity index (χ0) is 16.7. The molecule has 0 radical (unpaired) electrons. The molecule has 0 saturated heterocycles. The van der Waals surface area contributed by atoms with Crippen molar-refractivity contribution in [2.45, 2.75) is 32.2 Å². The van der Waals surface area contributed by atoms with Crippen LogP contribution in [0.3, 0.4) is 0 Å². The van der Waals surface area contributed by atoms with Crippen molar-refractivity contribution in [3.05, 3.63) is 71.8 Å². The van der Waals surface area contributed by atoms with Crippen molar-refractivity contribution in [1.82, 2.24) is 4.90 Å². The largest absolute Gasteiger partial charge is 0.467 e. The summed E-state index contributed by atoms with van der Waals surface area (Å²) in [6.07, 6.45) is -1.67. The van der Waals surface area contributed by atoms with Crippen molar-refractivity contribution in [1.29, 1.82) is 0 Å². The van der Waals surface area contributed by atoms with Gasteiger partial charge in [-0.2, -0.15) is 0 Å². The Balaban J connectivity index is 2.18. The van der Waals surface area contributed by atoms with E-state index in [9.17, 15) is 9.18 Å². The Labute approximate surface area is 136 Å². The summed E-state index contributed by atoms with van der Waals surface area (Å²) < 4.78 is 18.9. The molecular formula is C19H22FNO2. The minimum atomic E-state index is -1.67. The van der Waals surface area contributed by atoms with Crippen LogP contribution >= 0.6 is 0 Å². The fourth-order valence-electron chi connectivity index (χ4n) is 2.47. The Morgan fingerprint density at radius 3 is 1.83 bits per heavy atom. The van der Waals surface area contributed by atoms with Crippen molar-refractivity contribution in [3.8, 4) is 0 Å². The third-order valence-electron chi connectivity index (χ3n) is 3.88. The van der Waals surface area contributed by atoms with Crippen LogP contribution in [0, 0.1) is 0 Å². The molecule has 0 heterocycles. The van der Waals surface area contributed by atoms with E-state index >= 15 is 0 Å². The van der Waals surface area contributed by atoms with Crippen LogP contribution in [0.4, 0.5) is 4.39 Å². The van der Waals surface area contributed by atoms with Gasteiger partial charge in [0.25, 0.3) is 0 Å². The monoisotopic (exact) mass is 315 g/mol. The van der Waals surface area contributed by atoms with Gasteiger partial charge in [0.2, 0.25) is 6.17 Å². The maximum Gasteiger partial charge on any atom is 0.342 e. The summed E-state index contributed by atoms with van der Waals surface area (Å²) in [6, 6.07) is 19.1. The highest BCUT2D eigenvalue weighted by Gasteiger charge is 2.30. The molecule has 0 fully saturated rings. The summed E-state index contributed by atoms with van der Waals surface area (Å²) in [5, 5.41) is 0. The molecule has 0 bridgehead atoms. The molecule has 23 heavy (non-hydrogen) atoms. The lowest BCUT2D eigenvalue weighted by Crippen LogP contribution is -2.42. The standard InChI is InChI=1S/C19H22FNO2/c1-15(18(20)19(22)23-2)21(13-16-9-5-3-6-10-16)14-17-11-7-4-8-12-17/h3-12,15,18H,13-14H2,1-2H3. The highest BCUT2D eigenvalue weighted by Crippen LogP contribution is 2.17. The van der Waals surface area contributed by atoms with E-state index in [0.29, 0.717) is 13.1 Å². The molecule has 0 N–H and O–H groups in total. The summed E-state index contributed by atoms with van der Waals surface area (Å²) in [6.45, 7) is 2.84. The second-order valence-corrected chi connectivity index (χ2v) is 5.54. The van der Waals surface area contributed by atoms with Gasteiger partial charge in [0, 0.05) is 19.1 Å². The number of ether oxygens (including phenoxy) is 1. The van der Waals surface area contributed by atoms with Crippen molar-refractivity contribution in [2.75, 3.05) is 7.11 Å². The molecule has 2 unspecified atom stereocenters. The molecule has 0 amide bonds. The van der Waals surface area contributed by atoms with Crippen LogP contribution < -0.4 is 0 Å². The number of nitrogens with zero attached hydrogens (tertiary/aromatic N) is 1. The molecule has 0 aliphatic rings. The van der Waals surface area contributed by atoms with E-state index in [4.69, 9.17) is 0 Å². The quantitative estimate of drug-likeness (QED) is 0.731. The van der Waals surface area contributed by atoms with Crippen LogP contribution in [0.25, 0.3) is 0 Å². The van der Waals surface area contributed by atoms with Gasteiger partial charge in [-0.15, -0.1) is 0 Å². The fourth-order valence-corrected chi connectivity index (χ4v) is 2.47. The van der Waals surface area contributed by atoms with E-state index in [1.807, 2.05) is 65.6 Å². The molecule has 4 heteroatoms. The van der Waals surface area contributed by atoms with Crippen LogP contribution in [-0.2, 0) is 22.6 Å². The van der Waals surface area contributed by atoms with Gasteiger partial charge in [-0.05, 0) is 18.1 Å². The van der Waals surface area contributed by atoms with Crippen LogP contribution in [0.5, 0.6) is 0 Å². The SMILES string of the molecule is COC(=O)C(F)C(C)N(Cc1ccccc1)Cc1ccccc1. The summed E-state index contributed by atoms with van der Waals surface area (Å²) in [5.74, 6) is -0.830. The van der Waals surface area contributed by atoms with Crippen molar-refractivity contribution < 1.29 is 13.9 Å². The molecule has 122 valence electrons. The molecule has 2 aromatic rings. The first-order valence-electron chi connectivity index (χ1n) is 7.65. The Kier molecular flexibility index (Phi) is 6.29. The number of hydrogen-bond acceptors (Lipinski definition) is 3. The number of halogens is 1. The number of benzene rings is 2. The average Bonchev–Trinajstić information content (AvgIpc) is 2.61. The second kappa shape index (κ2) is 8.44. The summed E-state index contributed by atoms with van der Waals surface area (Å²) in [5.41, 5.74) is 2.15. The van der Waals surface area contributed by atoms with Gasteiger partial charge in [-0.25, -0.2) is 9.18 Å². The van der Waals surface area contributed by atoms with Crippen LogP contribution in [0.2, 0.25) is 0 Å². The summed E-state index contributed by atoms with van der Waals surface area (Å²) >= 11 is 0. The van der Waals surface area contributed by atoms with Gasteiger partial charge in [0.1, 0.15) is 0 Å². The highest BCUT2D eigenvalue weighted by atomic mass is 19.1. The Hall–Kier alpha value is -2.20. The van der Waals surface area contributed by atoms with Crippen molar-refractivity contribution in [3.63, 3.8) is 0 Å². The predicted octanol–water partition coefficient (Wildman–Crippen LogP) is 3.59. The summed E-state index contributed by atoms with van der Waals surface area (Å²) in [4.78, 5) is 13.5. The lowest BCUT2D eigenvalue weighted by Gasteiger charge is -2.30. The number of carbonyl (C=O) groups excluding carboxylic acids is 1. The van der Waals surface area contributed by atoms with Crippen LogP contribution in [-0.4, -0.2) is 30.2 Å². The molecule has 3 nitrogen and oxygen atoms in total. The minimum absolute atomic E-state index is 0.564. The van der Waals surface area contributed by atoms with Gasteiger partial charge in [0.15, 0.2) is 0 Å². The number of methoxy groups -OCH3 is 1. The van der Waals surface area contributed by atoms with Gasteiger partial charge in [-0.3, -0.25) is 4.90 Å². The molecule has 2 atom stereocenters. The molecule has 0 aliphatic heterocycles. The van der Waals surface area contributed by atoms with Crippen molar-refractivity contribution >= 4 is 5.97 Å². The van der Waals surface area contributed by atoms with Gasteiger partial charge >= 0.3 is 5.97 Å². The number of alkyl halides is 1. The number of hydrogen-bond donors (Lipinski definition) is 0. The zero-order valence-electron chi connectivity index (χ0n) is 13.5. The summed E-state index contributed by atoms with van der Waals surface area (Å²) in [7, 11) is 1.21. The first-order valence-corrected chi connectivity index (χ1v) is 7.65. The Morgan fingerprint density at radius 2 is 1.43 bits per heavy atom. The van der Waals surface area contributed by atoms with E-state index in [1.54, 1.807) is 6.92 Å². The first-order chi connectivity index (χ1) is 11.1. The lowest BCUT2D eigenvalue weighted by molar-refractivity contribution is -0.149. The van der Waals surface area contributed by atoms with E-state index in [0.717, 1.165) is 11.1 Å². The number of esters is 1. The smallest absolute Gasteiger partial charge is 0.342 e.